The first-order valence-corrected chi connectivity index (χ1v) is 11.1. The van der Waals surface area contributed by atoms with Gasteiger partial charge >= 0.3 is 0 Å². The van der Waals surface area contributed by atoms with Crippen molar-refractivity contribution in [2.75, 3.05) is 38.6 Å². The Morgan fingerprint density at radius 1 is 1.19 bits per heavy atom. The summed E-state index contributed by atoms with van der Waals surface area (Å²) < 4.78 is 6.68. The number of rotatable bonds is 6. The third kappa shape index (κ3) is 6.12. The van der Waals surface area contributed by atoms with Crippen molar-refractivity contribution in [3.63, 3.8) is 0 Å². The average Bonchev–Trinajstić information content (AvgIpc) is 2.73. The first kappa shape index (κ1) is 24.3. The number of halogens is 2. The number of nitrogens with one attached hydrogen (secondary N) is 1. The van der Waals surface area contributed by atoms with E-state index in [1.807, 2.05) is 6.07 Å². The van der Waals surface area contributed by atoms with Gasteiger partial charge in [0.05, 0.1) is 25.2 Å². The minimum Gasteiger partial charge on any atom is -1.00 e. The Morgan fingerprint density at radius 2 is 1.90 bits per heavy atom. The van der Waals surface area contributed by atoms with E-state index in [0.717, 1.165) is 41.7 Å². The lowest BCUT2D eigenvalue weighted by Gasteiger charge is -2.41. The van der Waals surface area contributed by atoms with Crippen molar-refractivity contribution in [2.45, 2.75) is 37.7 Å². The van der Waals surface area contributed by atoms with Crippen LogP contribution in [0.15, 0.2) is 42.5 Å². The molecule has 168 valence electrons. The lowest BCUT2D eigenvalue weighted by atomic mass is 9.88. The average molecular weight is 557 g/mol. The Labute approximate surface area is 206 Å². The number of fused-ring (bicyclic) bond motifs is 1. The van der Waals surface area contributed by atoms with E-state index >= 15 is 0 Å². The molecule has 2 N–H and O–H groups in total. The van der Waals surface area contributed by atoms with Crippen molar-refractivity contribution in [3.8, 4) is 5.75 Å². The maximum Gasteiger partial charge on any atom is 0.224 e. The molecule has 31 heavy (non-hydrogen) atoms. The zero-order chi connectivity index (χ0) is 21.1. The zero-order valence-electron chi connectivity index (χ0n) is 17.8. The lowest BCUT2D eigenvalue weighted by molar-refractivity contribution is -0.917. The van der Waals surface area contributed by atoms with Crippen molar-refractivity contribution >= 4 is 23.2 Å². The number of hydrogen-bond acceptors (Lipinski definition) is 3. The van der Waals surface area contributed by atoms with Crippen molar-refractivity contribution in [2.24, 2.45) is 0 Å². The summed E-state index contributed by atoms with van der Waals surface area (Å²) in [5.41, 5.74) is 3.19. The summed E-state index contributed by atoms with van der Waals surface area (Å²) in [6.07, 6.45) is 2.84. The van der Waals surface area contributed by atoms with Gasteiger partial charge < -0.3 is 43.6 Å². The third-order valence-electron chi connectivity index (χ3n) is 6.44. The van der Waals surface area contributed by atoms with Crippen LogP contribution in [-0.2, 0) is 11.2 Å². The largest absolute Gasteiger partial charge is 1.00 e. The van der Waals surface area contributed by atoms with E-state index in [-0.39, 0.29) is 36.5 Å². The highest BCUT2D eigenvalue weighted by molar-refractivity contribution is 6.32. The summed E-state index contributed by atoms with van der Waals surface area (Å²) in [6.45, 7) is 2.92. The van der Waals surface area contributed by atoms with Crippen molar-refractivity contribution < 1.29 is 43.1 Å². The zero-order valence-corrected chi connectivity index (χ0v) is 20.7. The smallest absolute Gasteiger partial charge is 0.224 e. The molecule has 0 aromatic heterocycles. The molecule has 4 rings (SSSR count). The molecule has 0 spiro atoms. The number of anilines is 1. The quantitative estimate of drug-likeness (QED) is 0.412. The topological polar surface area (TPSA) is 58.6 Å². The number of benzene rings is 2. The molecular weight excluding hydrogens is 527 g/mol. The summed E-state index contributed by atoms with van der Waals surface area (Å²) in [5.74, 6) is 1.12. The van der Waals surface area contributed by atoms with Gasteiger partial charge in [0.1, 0.15) is 25.0 Å². The molecule has 1 atom stereocenters. The predicted molar refractivity (Wildman–Crippen MR) is 119 cm³/mol. The molecule has 2 aromatic carbocycles. The standard InChI is InChI=1S/C24H29ClN2O3.HI/c1-27(11-9-18(10-12-27)17-5-3-2-4-6-17)15-20(28)16-30-23-14-22-19(13-21(23)25)7-8-24(29)26-22;/h2-6,13-14,18,20,28H,7-12,15-16H2,1H3;1H. The Balaban J connectivity index is 0.00000272. The first-order valence-electron chi connectivity index (χ1n) is 10.7. The maximum absolute atomic E-state index is 11.6. The van der Waals surface area contributed by atoms with Gasteiger partial charge in [0.15, 0.2) is 0 Å². The second-order valence-corrected chi connectivity index (χ2v) is 9.29. The van der Waals surface area contributed by atoms with Crippen LogP contribution in [0.3, 0.4) is 0 Å². The van der Waals surface area contributed by atoms with Gasteiger partial charge in [0, 0.05) is 31.0 Å². The van der Waals surface area contributed by atoms with E-state index in [1.165, 1.54) is 5.56 Å². The molecule has 7 heteroatoms. The lowest BCUT2D eigenvalue weighted by Crippen LogP contribution is -3.00. The van der Waals surface area contributed by atoms with E-state index < -0.39 is 6.10 Å². The van der Waals surface area contributed by atoms with Crippen LogP contribution in [0, 0.1) is 0 Å². The predicted octanol–water partition coefficient (Wildman–Crippen LogP) is 0.993. The van der Waals surface area contributed by atoms with Crippen LogP contribution in [0.4, 0.5) is 5.69 Å². The van der Waals surface area contributed by atoms with E-state index in [2.05, 4.69) is 42.7 Å². The van der Waals surface area contributed by atoms with Crippen molar-refractivity contribution in [1.29, 1.82) is 0 Å². The number of aryl methyl sites for hydroxylation is 1. The molecule has 2 heterocycles. The molecule has 0 saturated carbocycles. The van der Waals surface area contributed by atoms with Crippen LogP contribution in [0.2, 0.25) is 5.02 Å². The number of carbonyl (C=O) groups excluding carboxylic acids is 1. The fourth-order valence-corrected chi connectivity index (χ4v) is 4.91. The molecule has 2 aliphatic rings. The number of hydrogen-bond donors (Lipinski definition) is 2. The van der Waals surface area contributed by atoms with Gasteiger partial charge in [0.2, 0.25) is 5.91 Å². The van der Waals surface area contributed by atoms with E-state index in [4.69, 9.17) is 16.3 Å². The molecule has 0 aliphatic carbocycles. The van der Waals surface area contributed by atoms with Crippen LogP contribution < -0.4 is 34.0 Å². The molecule has 1 amide bonds. The molecule has 2 aromatic rings. The Bertz CT molecular complexity index is 901. The second-order valence-electron chi connectivity index (χ2n) is 8.89. The van der Waals surface area contributed by atoms with Gasteiger partial charge in [-0.3, -0.25) is 4.79 Å². The van der Waals surface area contributed by atoms with E-state index in [0.29, 0.717) is 36.1 Å². The van der Waals surface area contributed by atoms with Crippen LogP contribution in [-0.4, -0.2) is 54.9 Å². The molecular formula is C24H30ClIN2O3. The number of amides is 1. The van der Waals surface area contributed by atoms with Crippen LogP contribution in [0.5, 0.6) is 5.75 Å². The molecule has 1 fully saturated rings. The fourth-order valence-electron chi connectivity index (χ4n) is 4.67. The highest BCUT2D eigenvalue weighted by Crippen LogP contribution is 2.34. The first-order chi connectivity index (χ1) is 14.4. The number of piperidine rings is 1. The Kier molecular flexibility index (Phi) is 8.24. The summed E-state index contributed by atoms with van der Waals surface area (Å²) in [6, 6.07) is 14.3. The second kappa shape index (κ2) is 10.5. The van der Waals surface area contributed by atoms with Crippen molar-refractivity contribution in [3.05, 3.63) is 58.6 Å². The number of aliphatic hydroxyl groups is 1. The van der Waals surface area contributed by atoms with Crippen LogP contribution in [0.1, 0.15) is 36.3 Å². The van der Waals surface area contributed by atoms with Crippen LogP contribution in [0.25, 0.3) is 0 Å². The van der Waals surface area contributed by atoms with Gasteiger partial charge in [-0.05, 0) is 29.5 Å². The number of likely N-dealkylation sites (N-methyl/N-ethyl adjacent to an activating group) is 1. The Hall–Kier alpha value is -1.35. The minimum atomic E-state index is -0.579. The van der Waals surface area contributed by atoms with E-state index in [1.54, 1.807) is 6.07 Å². The fraction of sp³-hybridized carbons (Fsp3) is 0.458. The van der Waals surface area contributed by atoms with Gasteiger partial charge in [-0.2, -0.15) is 0 Å². The summed E-state index contributed by atoms with van der Waals surface area (Å²) in [5, 5.41) is 14.0. The normalized spacial score (nSPS) is 23.8. The Morgan fingerprint density at radius 3 is 2.61 bits per heavy atom. The molecule has 5 nitrogen and oxygen atoms in total. The van der Waals surface area contributed by atoms with Gasteiger partial charge in [-0.25, -0.2) is 0 Å². The van der Waals surface area contributed by atoms with Gasteiger partial charge in [-0.15, -0.1) is 0 Å². The molecule has 1 unspecified atom stereocenters. The van der Waals surface area contributed by atoms with Gasteiger partial charge in [-0.1, -0.05) is 41.9 Å². The number of aliphatic hydroxyl groups excluding tert-OH is 1. The van der Waals surface area contributed by atoms with Crippen LogP contribution >= 0.6 is 11.6 Å². The SMILES string of the molecule is C[N+]1(CC(O)COc2cc3c(cc2Cl)CCC(=O)N3)CCC(c2ccccc2)CC1.[I-]. The number of carbonyl (C=O) groups is 1. The molecule has 0 bridgehead atoms. The summed E-state index contributed by atoms with van der Waals surface area (Å²) >= 11 is 6.35. The minimum absolute atomic E-state index is 0. The highest BCUT2D eigenvalue weighted by atomic mass is 127. The summed E-state index contributed by atoms with van der Waals surface area (Å²) in [7, 11) is 2.21. The third-order valence-corrected chi connectivity index (χ3v) is 6.74. The van der Waals surface area contributed by atoms with E-state index in [9.17, 15) is 9.90 Å². The van der Waals surface area contributed by atoms with Gasteiger partial charge in [0.25, 0.3) is 0 Å². The monoisotopic (exact) mass is 556 g/mol. The number of likely N-dealkylation sites (tertiary alicyclic amines) is 1. The number of nitrogens with zero attached hydrogens (tertiary/aromatic N) is 1. The molecule has 1 saturated heterocycles. The summed E-state index contributed by atoms with van der Waals surface area (Å²) in [4.78, 5) is 11.6. The van der Waals surface area contributed by atoms with Crippen molar-refractivity contribution in [1.82, 2.24) is 0 Å². The number of ether oxygens (including phenoxy) is 1. The maximum atomic E-state index is 11.6. The molecule has 0 radical (unpaired) electrons. The number of quaternary nitrogens is 1. The molecule has 2 aliphatic heterocycles. The highest BCUT2D eigenvalue weighted by Gasteiger charge is 2.32.